The van der Waals surface area contributed by atoms with Crippen LogP contribution in [0.2, 0.25) is 0 Å². The maximum absolute atomic E-state index is 13.7. The van der Waals surface area contributed by atoms with Crippen LogP contribution in [0.25, 0.3) is 0 Å². The number of carbonyl (C=O) groups excluding carboxylic acids is 3. The smallest absolute Gasteiger partial charge is 0.270 e. The fourth-order valence-corrected chi connectivity index (χ4v) is 4.82. The number of nitrogens with one attached hydrogen (secondary N) is 1. The number of halogens is 1. The number of primary amides is 1. The lowest BCUT2D eigenvalue weighted by Gasteiger charge is -2.34. The van der Waals surface area contributed by atoms with Gasteiger partial charge < -0.3 is 26.6 Å². The van der Waals surface area contributed by atoms with Crippen LogP contribution in [-0.2, 0) is 4.79 Å². The van der Waals surface area contributed by atoms with E-state index >= 15 is 0 Å². The first-order valence-electron chi connectivity index (χ1n) is 11.3. The van der Waals surface area contributed by atoms with E-state index in [1.807, 2.05) is 19.0 Å². The number of hydrogen-bond donors (Lipinski definition) is 3. The Hall–Kier alpha value is -3.05. The van der Waals surface area contributed by atoms with E-state index in [1.165, 1.54) is 29.2 Å². The third-order valence-electron chi connectivity index (χ3n) is 5.90. The van der Waals surface area contributed by atoms with Gasteiger partial charge in [0.05, 0.1) is 5.69 Å². The van der Waals surface area contributed by atoms with Crippen LogP contribution in [0.5, 0.6) is 0 Å². The highest BCUT2D eigenvalue weighted by atomic mass is 32.1. The number of nitrogens with two attached hydrogens (primary N) is 2. The molecule has 3 amide bonds. The molecule has 1 aliphatic carbocycles. The van der Waals surface area contributed by atoms with Crippen LogP contribution in [0.1, 0.15) is 63.9 Å². The van der Waals surface area contributed by atoms with Crippen LogP contribution in [-0.4, -0.2) is 65.1 Å². The molecule has 0 spiro atoms. The van der Waals surface area contributed by atoms with E-state index in [0.717, 1.165) is 43.6 Å². The molecule has 2 aromatic rings. The fourth-order valence-electron chi connectivity index (χ4n) is 4.06. The van der Waals surface area contributed by atoms with Crippen LogP contribution in [0.15, 0.2) is 24.3 Å². The summed E-state index contributed by atoms with van der Waals surface area (Å²) in [7, 11) is 3.70. The van der Waals surface area contributed by atoms with E-state index in [-0.39, 0.29) is 34.8 Å². The molecule has 0 radical (unpaired) electrons. The minimum absolute atomic E-state index is 0.0185. The Morgan fingerprint density at radius 2 is 1.79 bits per heavy atom. The summed E-state index contributed by atoms with van der Waals surface area (Å²) >= 11 is 0.765. The monoisotopic (exact) mass is 490 g/mol. The van der Waals surface area contributed by atoms with E-state index in [4.69, 9.17) is 11.5 Å². The van der Waals surface area contributed by atoms with E-state index in [1.54, 1.807) is 0 Å². The summed E-state index contributed by atoms with van der Waals surface area (Å²) in [5.41, 5.74) is 11.5. The Balaban J connectivity index is 2.01. The lowest BCUT2D eigenvalue weighted by molar-refractivity contribution is -0.127. The van der Waals surface area contributed by atoms with Crippen molar-refractivity contribution in [2.75, 3.05) is 32.9 Å². The highest BCUT2D eigenvalue weighted by Crippen LogP contribution is 2.29. The Morgan fingerprint density at radius 3 is 2.35 bits per heavy atom. The number of likely N-dealkylation sites (N-methyl/N-ethyl adjacent to an activating group) is 1. The van der Waals surface area contributed by atoms with Crippen LogP contribution >= 0.6 is 11.5 Å². The van der Waals surface area contributed by atoms with Crippen molar-refractivity contribution in [1.29, 1.82) is 0 Å². The standard InChI is InChI=1S/C23H31FN6O3S/c1-29(2)12-13-30(23(33)20-17(25)18(21(26)31)28-34-20)19(14-8-10-15(24)11-9-14)22(32)27-16-6-4-3-5-7-16/h8-11,16,19H,3-7,12-13,25H2,1-2H3,(H2,26,31)(H,27,32). The number of carbonyl (C=O) groups is 3. The summed E-state index contributed by atoms with van der Waals surface area (Å²) in [6.45, 7) is 0.650. The lowest BCUT2D eigenvalue weighted by atomic mass is 9.94. The molecule has 34 heavy (non-hydrogen) atoms. The van der Waals surface area contributed by atoms with Gasteiger partial charge in [0.15, 0.2) is 5.69 Å². The summed E-state index contributed by atoms with van der Waals surface area (Å²) in [6.07, 6.45) is 4.94. The Kier molecular flexibility index (Phi) is 8.56. The van der Waals surface area contributed by atoms with Crippen molar-refractivity contribution >= 4 is 34.9 Å². The van der Waals surface area contributed by atoms with Crippen molar-refractivity contribution in [3.8, 4) is 0 Å². The van der Waals surface area contributed by atoms with Crippen LogP contribution < -0.4 is 16.8 Å². The van der Waals surface area contributed by atoms with Crippen molar-refractivity contribution in [1.82, 2.24) is 19.5 Å². The van der Waals surface area contributed by atoms with Gasteiger partial charge in [0.25, 0.3) is 11.8 Å². The highest BCUT2D eigenvalue weighted by molar-refractivity contribution is 7.09. The molecule has 1 fully saturated rings. The number of nitrogen functional groups attached to an aromatic ring is 1. The molecule has 1 aromatic carbocycles. The maximum Gasteiger partial charge on any atom is 0.270 e. The number of amides is 3. The third-order valence-corrected chi connectivity index (χ3v) is 6.75. The molecule has 1 heterocycles. The van der Waals surface area contributed by atoms with Crippen molar-refractivity contribution in [2.24, 2.45) is 5.73 Å². The van der Waals surface area contributed by atoms with Gasteiger partial charge in [-0.1, -0.05) is 31.4 Å². The highest BCUT2D eigenvalue weighted by Gasteiger charge is 2.35. The van der Waals surface area contributed by atoms with Gasteiger partial charge in [-0.3, -0.25) is 14.4 Å². The molecule has 1 aliphatic rings. The minimum Gasteiger partial charge on any atom is -0.395 e. The normalized spacial score (nSPS) is 15.2. The first-order valence-corrected chi connectivity index (χ1v) is 12.0. The molecule has 0 aliphatic heterocycles. The van der Waals surface area contributed by atoms with E-state index < -0.39 is 23.7 Å². The second-order valence-electron chi connectivity index (χ2n) is 8.74. The number of nitrogens with zero attached hydrogens (tertiary/aromatic N) is 3. The first-order chi connectivity index (χ1) is 16.2. The van der Waals surface area contributed by atoms with Gasteiger partial charge in [-0.2, -0.15) is 4.37 Å². The molecule has 1 aromatic heterocycles. The Morgan fingerprint density at radius 1 is 1.15 bits per heavy atom. The van der Waals surface area contributed by atoms with Gasteiger partial charge in [0.2, 0.25) is 5.91 Å². The average Bonchev–Trinajstić information content (AvgIpc) is 3.19. The summed E-state index contributed by atoms with van der Waals surface area (Å²) < 4.78 is 17.6. The number of anilines is 1. The molecule has 0 bridgehead atoms. The number of hydrogen-bond acceptors (Lipinski definition) is 7. The number of aromatic nitrogens is 1. The lowest BCUT2D eigenvalue weighted by Crippen LogP contribution is -2.48. The van der Waals surface area contributed by atoms with Gasteiger partial charge in [0.1, 0.15) is 16.7 Å². The third kappa shape index (κ3) is 6.09. The second kappa shape index (κ2) is 11.4. The molecule has 184 valence electrons. The molecule has 1 atom stereocenters. The SMILES string of the molecule is CN(C)CCN(C(=O)c1snc(C(N)=O)c1N)C(C(=O)NC1CCCCC1)c1ccc(F)cc1. The molecule has 1 unspecified atom stereocenters. The van der Waals surface area contributed by atoms with Gasteiger partial charge in [-0.15, -0.1) is 0 Å². The second-order valence-corrected chi connectivity index (χ2v) is 9.51. The van der Waals surface area contributed by atoms with Gasteiger partial charge in [0, 0.05) is 19.1 Å². The minimum atomic E-state index is -1.02. The summed E-state index contributed by atoms with van der Waals surface area (Å²) in [6, 6.07) is 4.52. The zero-order valence-electron chi connectivity index (χ0n) is 19.4. The van der Waals surface area contributed by atoms with Gasteiger partial charge in [-0.25, -0.2) is 4.39 Å². The zero-order valence-corrected chi connectivity index (χ0v) is 20.2. The van der Waals surface area contributed by atoms with Gasteiger partial charge in [-0.05, 0) is 56.2 Å². The number of rotatable bonds is 9. The molecule has 3 rings (SSSR count). The van der Waals surface area contributed by atoms with Crippen molar-refractivity contribution in [3.05, 3.63) is 46.2 Å². The van der Waals surface area contributed by atoms with E-state index in [0.29, 0.717) is 12.1 Å². The predicted molar refractivity (Wildman–Crippen MR) is 129 cm³/mol. The summed E-state index contributed by atoms with van der Waals surface area (Å²) in [5.74, 6) is -2.17. The van der Waals surface area contributed by atoms with Crippen LogP contribution in [0.3, 0.4) is 0 Å². The topological polar surface area (TPSA) is 135 Å². The summed E-state index contributed by atoms with van der Waals surface area (Å²) in [5, 5.41) is 3.09. The van der Waals surface area contributed by atoms with Crippen LogP contribution in [0.4, 0.5) is 10.1 Å². The van der Waals surface area contributed by atoms with E-state index in [9.17, 15) is 18.8 Å². The molecule has 9 nitrogen and oxygen atoms in total. The molecule has 1 saturated carbocycles. The summed E-state index contributed by atoms with van der Waals surface area (Å²) in [4.78, 5) is 42.2. The molecule has 0 saturated heterocycles. The molecule has 11 heteroatoms. The Bertz CT molecular complexity index is 1020. The average molecular weight is 491 g/mol. The van der Waals surface area contributed by atoms with E-state index in [2.05, 4.69) is 9.69 Å². The largest absolute Gasteiger partial charge is 0.395 e. The van der Waals surface area contributed by atoms with Gasteiger partial charge >= 0.3 is 0 Å². The van der Waals surface area contributed by atoms with Crippen LogP contribution in [0, 0.1) is 5.82 Å². The predicted octanol–water partition coefficient (Wildman–Crippen LogP) is 2.16. The van der Waals surface area contributed by atoms with Crippen molar-refractivity contribution in [3.63, 3.8) is 0 Å². The first kappa shape index (κ1) is 25.6. The zero-order chi connectivity index (χ0) is 24.8. The molecule has 5 N–H and O–H groups in total. The molecular formula is C23H31FN6O3S. The fraction of sp³-hybridized carbons (Fsp3) is 0.478. The molecular weight excluding hydrogens is 459 g/mol. The Labute approximate surface area is 202 Å². The maximum atomic E-state index is 13.7. The van der Waals surface area contributed by atoms with Crippen molar-refractivity contribution < 1.29 is 18.8 Å². The number of benzene rings is 1. The quantitative estimate of drug-likeness (QED) is 0.493. The van der Waals surface area contributed by atoms with Crippen molar-refractivity contribution in [2.45, 2.75) is 44.2 Å².